The Morgan fingerprint density at radius 1 is 1.33 bits per heavy atom. The number of hydrogen-bond acceptors (Lipinski definition) is 4. The van der Waals surface area contributed by atoms with Crippen LogP contribution in [0.2, 0.25) is 10.0 Å². The van der Waals surface area contributed by atoms with Crippen LogP contribution in [0.5, 0.6) is 0 Å². The molecule has 1 amide bonds. The fourth-order valence-corrected chi connectivity index (χ4v) is 3.42. The van der Waals surface area contributed by atoms with Crippen LogP contribution in [0, 0.1) is 5.92 Å². The molecule has 0 fully saturated rings. The third-order valence-corrected chi connectivity index (χ3v) is 4.87. The zero-order valence-corrected chi connectivity index (χ0v) is 16.0. The largest absolute Gasteiger partial charge is 0.387 e. The molecule has 0 aliphatic rings. The van der Waals surface area contributed by atoms with Crippen LogP contribution in [0.1, 0.15) is 31.9 Å². The Bertz CT molecular complexity index is 682. The first kappa shape index (κ1) is 21.2. The first-order valence-corrected chi connectivity index (χ1v) is 10.1. The molecule has 3 atom stereocenters. The molecule has 0 spiro atoms. The highest BCUT2D eigenvalue weighted by atomic mass is 35.5. The van der Waals surface area contributed by atoms with E-state index in [4.69, 9.17) is 23.2 Å². The standard InChI is InChI=1S/C15H22Cl2N2O4S/c1-4-9(2)14(19-24(3,22)23)15(21)18-8-13(20)11-6-5-10(16)7-12(11)17/h5-7,9,13-14,19-20H,4,8H2,1-3H3,(H,18,21). The van der Waals surface area contributed by atoms with Crippen molar-refractivity contribution >= 4 is 39.1 Å². The average Bonchev–Trinajstić information content (AvgIpc) is 2.48. The molecule has 0 aliphatic carbocycles. The van der Waals surface area contributed by atoms with Gasteiger partial charge in [0.2, 0.25) is 15.9 Å². The quantitative estimate of drug-likeness (QED) is 0.626. The molecule has 1 rings (SSSR count). The van der Waals surface area contributed by atoms with E-state index in [0.29, 0.717) is 17.0 Å². The van der Waals surface area contributed by atoms with Crippen molar-refractivity contribution in [1.29, 1.82) is 0 Å². The zero-order valence-electron chi connectivity index (χ0n) is 13.7. The van der Waals surface area contributed by atoms with Gasteiger partial charge in [0.1, 0.15) is 6.04 Å². The van der Waals surface area contributed by atoms with Crippen molar-refractivity contribution in [3.05, 3.63) is 33.8 Å². The van der Waals surface area contributed by atoms with Crippen molar-refractivity contribution in [2.45, 2.75) is 32.4 Å². The molecule has 9 heteroatoms. The first-order valence-electron chi connectivity index (χ1n) is 7.43. The average molecular weight is 397 g/mol. The van der Waals surface area contributed by atoms with Gasteiger partial charge in [-0.3, -0.25) is 4.79 Å². The van der Waals surface area contributed by atoms with Gasteiger partial charge in [-0.1, -0.05) is 49.5 Å². The van der Waals surface area contributed by atoms with Crippen LogP contribution >= 0.6 is 23.2 Å². The summed E-state index contributed by atoms with van der Waals surface area (Å²) in [5, 5.41) is 13.5. The number of amides is 1. The maximum absolute atomic E-state index is 12.3. The van der Waals surface area contributed by atoms with Gasteiger partial charge in [-0.2, -0.15) is 0 Å². The van der Waals surface area contributed by atoms with E-state index in [1.54, 1.807) is 19.1 Å². The number of hydrogen-bond donors (Lipinski definition) is 3. The first-order chi connectivity index (χ1) is 11.0. The van der Waals surface area contributed by atoms with Crippen molar-refractivity contribution in [2.75, 3.05) is 12.8 Å². The van der Waals surface area contributed by atoms with Crippen molar-refractivity contribution in [3.63, 3.8) is 0 Å². The molecule has 0 aliphatic heterocycles. The lowest BCUT2D eigenvalue weighted by Gasteiger charge is -2.23. The Morgan fingerprint density at radius 3 is 2.46 bits per heavy atom. The molecule has 6 nitrogen and oxygen atoms in total. The fourth-order valence-electron chi connectivity index (χ4n) is 2.08. The zero-order chi connectivity index (χ0) is 18.5. The molecule has 0 saturated carbocycles. The topological polar surface area (TPSA) is 95.5 Å². The summed E-state index contributed by atoms with van der Waals surface area (Å²) in [6, 6.07) is 3.75. The summed E-state index contributed by atoms with van der Waals surface area (Å²) < 4.78 is 25.2. The van der Waals surface area contributed by atoms with Crippen molar-refractivity contribution < 1.29 is 18.3 Å². The van der Waals surface area contributed by atoms with Crippen LogP contribution < -0.4 is 10.0 Å². The van der Waals surface area contributed by atoms with E-state index in [-0.39, 0.29) is 17.5 Å². The normalized spacial score (nSPS) is 15.6. The fraction of sp³-hybridized carbons (Fsp3) is 0.533. The summed E-state index contributed by atoms with van der Waals surface area (Å²) in [5.41, 5.74) is 0.428. The second-order valence-electron chi connectivity index (χ2n) is 5.68. The van der Waals surface area contributed by atoms with Crippen LogP contribution in [-0.2, 0) is 14.8 Å². The number of halogens is 2. The lowest BCUT2D eigenvalue weighted by Crippen LogP contribution is -2.50. The summed E-state index contributed by atoms with van der Waals surface area (Å²) in [6.07, 6.45) is 0.582. The van der Waals surface area contributed by atoms with E-state index in [2.05, 4.69) is 10.0 Å². The van der Waals surface area contributed by atoms with Crippen molar-refractivity contribution in [1.82, 2.24) is 10.0 Å². The number of carbonyl (C=O) groups excluding carboxylic acids is 1. The van der Waals surface area contributed by atoms with Gasteiger partial charge in [0.25, 0.3) is 0 Å². The molecular formula is C15H22Cl2N2O4S. The number of rotatable bonds is 8. The molecule has 3 N–H and O–H groups in total. The Hall–Kier alpha value is -0.860. The second-order valence-corrected chi connectivity index (χ2v) is 8.30. The monoisotopic (exact) mass is 396 g/mol. The number of carbonyl (C=O) groups is 1. The van der Waals surface area contributed by atoms with E-state index >= 15 is 0 Å². The molecule has 0 bridgehead atoms. The minimum atomic E-state index is -3.53. The molecule has 1 aromatic carbocycles. The smallest absolute Gasteiger partial charge is 0.238 e. The van der Waals surface area contributed by atoms with Crippen LogP contribution in [0.25, 0.3) is 0 Å². The van der Waals surface area contributed by atoms with Gasteiger partial charge in [0.15, 0.2) is 0 Å². The third-order valence-electron chi connectivity index (χ3n) is 3.63. The van der Waals surface area contributed by atoms with Crippen LogP contribution in [0.15, 0.2) is 18.2 Å². The number of benzene rings is 1. The minimum absolute atomic E-state index is 0.0986. The van der Waals surface area contributed by atoms with E-state index in [0.717, 1.165) is 6.26 Å². The highest BCUT2D eigenvalue weighted by molar-refractivity contribution is 7.88. The lowest BCUT2D eigenvalue weighted by molar-refractivity contribution is -0.124. The molecule has 0 aromatic heterocycles. The predicted molar refractivity (Wildman–Crippen MR) is 95.7 cm³/mol. The van der Waals surface area contributed by atoms with Crippen molar-refractivity contribution in [2.24, 2.45) is 5.92 Å². The van der Waals surface area contributed by atoms with Gasteiger partial charge in [0.05, 0.1) is 12.4 Å². The molecule has 3 unspecified atom stereocenters. The Morgan fingerprint density at radius 2 is 1.96 bits per heavy atom. The molecule has 24 heavy (non-hydrogen) atoms. The molecule has 1 aromatic rings. The molecule has 136 valence electrons. The van der Waals surface area contributed by atoms with Gasteiger partial charge < -0.3 is 10.4 Å². The maximum Gasteiger partial charge on any atom is 0.238 e. The predicted octanol–water partition coefficient (Wildman–Crippen LogP) is 2.11. The highest BCUT2D eigenvalue weighted by Crippen LogP contribution is 2.26. The second kappa shape index (κ2) is 9.01. The Kier molecular flexibility index (Phi) is 7.95. The number of nitrogens with one attached hydrogen (secondary N) is 2. The number of sulfonamides is 1. The molecule has 0 heterocycles. The highest BCUT2D eigenvalue weighted by Gasteiger charge is 2.27. The Labute approximate surface area is 152 Å². The summed E-state index contributed by atoms with van der Waals surface area (Å²) in [5.74, 6) is -0.699. The number of aliphatic hydroxyl groups is 1. The van der Waals surface area contributed by atoms with Crippen LogP contribution in [0.4, 0.5) is 0 Å². The van der Waals surface area contributed by atoms with Crippen molar-refractivity contribution in [3.8, 4) is 0 Å². The van der Waals surface area contributed by atoms with E-state index in [9.17, 15) is 18.3 Å². The minimum Gasteiger partial charge on any atom is -0.387 e. The summed E-state index contributed by atoms with van der Waals surface area (Å²) in [4.78, 5) is 12.3. The summed E-state index contributed by atoms with van der Waals surface area (Å²) in [7, 11) is -3.53. The SMILES string of the molecule is CCC(C)C(NS(C)(=O)=O)C(=O)NCC(O)c1ccc(Cl)cc1Cl. The van der Waals surface area contributed by atoms with E-state index < -0.39 is 28.1 Å². The van der Waals surface area contributed by atoms with Gasteiger partial charge in [-0.25, -0.2) is 13.1 Å². The molecular weight excluding hydrogens is 375 g/mol. The van der Waals surface area contributed by atoms with Crippen LogP contribution in [0.3, 0.4) is 0 Å². The van der Waals surface area contributed by atoms with Gasteiger partial charge in [-0.05, 0) is 18.1 Å². The Balaban J connectivity index is 2.77. The number of aliphatic hydroxyl groups excluding tert-OH is 1. The third kappa shape index (κ3) is 6.57. The summed E-state index contributed by atoms with van der Waals surface area (Å²) in [6.45, 7) is 3.53. The van der Waals surface area contributed by atoms with Gasteiger partial charge in [0, 0.05) is 22.2 Å². The molecule has 0 radical (unpaired) electrons. The van der Waals surface area contributed by atoms with E-state index in [1.807, 2.05) is 6.92 Å². The summed E-state index contributed by atoms with van der Waals surface area (Å²) >= 11 is 11.8. The van der Waals surface area contributed by atoms with Crippen LogP contribution in [-0.4, -0.2) is 38.3 Å². The maximum atomic E-state index is 12.3. The van der Waals surface area contributed by atoms with E-state index in [1.165, 1.54) is 6.07 Å². The molecule has 0 saturated heterocycles. The van der Waals surface area contributed by atoms with Gasteiger partial charge >= 0.3 is 0 Å². The lowest BCUT2D eigenvalue weighted by atomic mass is 9.99. The van der Waals surface area contributed by atoms with Gasteiger partial charge in [-0.15, -0.1) is 0 Å².